The van der Waals surface area contributed by atoms with Crippen LogP contribution < -0.4 is 5.32 Å². The van der Waals surface area contributed by atoms with Gasteiger partial charge in [0.15, 0.2) is 0 Å². The topological polar surface area (TPSA) is 41.6 Å². The molecule has 0 radical (unpaired) electrons. The number of hydrogen-bond acceptors (Lipinski definition) is 3. The lowest BCUT2D eigenvalue weighted by molar-refractivity contribution is -0.121. The summed E-state index contributed by atoms with van der Waals surface area (Å²) in [5.41, 5.74) is 1.33. The van der Waals surface area contributed by atoms with E-state index in [2.05, 4.69) is 52.7 Å². The second-order valence-electron chi connectivity index (χ2n) is 5.82. The molecule has 4 nitrogen and oxygen atoms in total. The third-order valence-electron chi connectivity index (χ3n) is 3.90. The Hall–Kier alpha value is -1.91. The number of nitrogens with zero attached hydrogens (tertiary/aromatic N) is 1. The zero-order valence-electron chi connectivity index (χ0n) is 14.0. The first-order chi connectivity index (χ1) is 11.2. The van der Waals surface area contributed by atoms with Crippen molar-refractivity contribution in [3.05, 3.63) is 48.0 Å². The summed E-state index contributed by atoms with van der Waals surface area (Å²) in [6.45, 7) is 2.64. The third-order valence-corrected chi connectivity index (χ3v) is 3.90. The van der Waals surface area contributed by atoms with Crippen molar-refractivity contribution in [3.63, 3.8) is 0 Å². The van der Waals surface area contributed by atoms with Crippen LogP contribution in [-0.2, 0) is 16.0 Å². The molecule has 124 valence electrons. The molecular formula is C19H26N2O2. The summed E-state index contributed by atoms with van der Waals surface area (Å²) >= 11 is 0. The number of hydrogen-bond donors (Lipinski definition) is 1. The Bertz CT molecular complexity index is 622. The molecule has 23 heavy (non-hydrogen) atoms. The Morgan fingerprint density at radius 2 is 1.96 bits per heavy atom. The van der Waals surface area contributed by atoms with Crippen LogP contribution in [0.2, 0.25) is 0 Å². The molecule has 0 aliphatic heterocycles. The van der Waals surface area contributed by atoms with E-state index in [1.807, 2.05) is 7.05 Å². The first kappa shape index (κ1) is 17.4. The SMILES string of the molecule is COCCCNC(=O)CN(C)CCc1cccc2ccccc12. The van der Waals surface area contributed by atoms with Crippen molar-refractivity contribution in [2.45, 2.75) is 12.8 Å². The van der Waals surface area contributed by atoms with Crippen LogP contribution in [0.25, 0.3) is 10.8 Å². The molecule has 0 aliphatic rings. The van der Waals surface area contributed by atoms with Gasteiger partial charge in [-0.3, -0.25) is 9.69 Å². The van der Waals surface area contributed by atoms with Gasteiger partial charge < -0.3 is 10.1 Å². The van der Waals surface area contributed by atoms with E-state index in [1.54, 1.807) is 7.11 Å². The van der Waals surface area contributed by atoms with Gasteiger partial charge in [0.05, 0.1) is 6.54 Å². The molecule has 0 atom stereocenters. The van der Waals surface area contributed by atoms with Gasteiger partial charge in [-0.1, -0.05) is 42.5 Å². The number of carbonyl (C=O) groups excluding carboxylic acids is 1. The van der Waals surface area contributed by atoms with Gasteiger partial charge >= 0.3 is 0 Å². The fourth-order valence-corrected chi connectivity index (χ4v) is 2.65. The number of carbonyl (C=O) groups is 1. The Morgan fingerprint density at radius 3 is 2.78 bits per heavy atom. The highest BCUT2D eigenvalue weighted by atomic mass is 16.5. The molecule has 1 amide bonds. The Balaban J connectivity index is 1.79. The summed E-state index contributed by atoms with van der Waals surface area (Å²) < 4.78 is 4.97. The second-order valence-corrected chi connectivity index (χ2v) is 5.82. The van der Waals surface area contributed by atoms with Crippen LogP contribution in [-0.4, -0.2) is 51.2 Å². The molecule has 0 unspecified atom stereocenters. The minimum atomic E-state index is 0.0709. The van der Waals surface area contributed by atoms with E-state index < -0.39 is 0 Å². The van der Waals surface area contributed by atoms with Gasteiger partial charge in [-0.05, 0) is 36.2 Å². The lowest BCUT2D eigenvalue weighted by Crippen LogP contribution is -2.36. The second kappa shape index (κ2) is 9.28. The molecule has 0 heterocycles. The van der Waals surface area contributed by atoms with Crippen LogP contribution in [0, 0.1) is 0 Å². The lowest BCUT2D eigenvalue weighted by Gasteiger charge is -2.17. The Morgan fingerprint density at radius 1 is 1.17 bits per heavy atom. The summed E-state index contributed by atoms with van der Waals surface area (Å²) in [5.74, 6) is 0.0709. The van der Waals surface area contributed by atoms with Crippen LogP contribution in [0.5, 0.6) is 0 Å². The Labute approximate surface area is 138 Å². The monoisotopic (exact) mass is 314 g/mol. The maximum absolute atomic E-state index is 11.8. The summed E-state index contributed by atoms with van der Waals surface area (Å²) in [5, 5.41) is 5.48. The number of ether oxygens (including phenoxy) is 1. The van der Waals surface area contributed by atoms with Crippen molar-refractivity contribution in [2.75, 3.05) is 40.4 Å². The number of rotatable bonds is 9. The smallest absolute Gasteiger partial charge is 0.234 e. The zero-order valence-corrected chi connectivity index (χ0v) is 14.0. The highest BCUT2D eigenvalue weighted by molar-refractivity contribution is 5.85. The van der Waals surface area contributed by atoms with Crippen molar-refractivity contribution in [1.29, 1.82) is 0 Å². The maximum atomic E-state index is 11.8. The van der Waals surface area contributed by atoms with E-state index in [9.17, 15) is 4.79 Å². The number of likely N-dealkylation sites (N-methyl/N-ethyl adjacent to an activating group) is 1. The predicted molar refractivity (Wildman–Crippen MR) is 94.7 cm³/mol. The van der Waals surface area contributed by atoms with Crippen molar-refractivity contribution >= 4 is 16.7 Å². The average Bonchev–Trinajstić information content (AvgIpc) is 2.57. The number of benzene rings is 2. The van der Waals surface area contributed by atoms with Gasteiger partial charge in [0.1, 0.15) is 0 Å². The number of amides is 1. The molecule has 0 fully saturated rings. The molecule has 0 spiro atoms. The molecule has 0 aromatic heterocycles. The van der Waals surface area contributed by atoms with Crippen molar-refractivity contribution in [2.24, 2.45) is 0 Å². The van der Waals surface area contributed by atoms with Gasteiger partial charge in [-0.25, -0.2) is 0 Å². The summed E-state index contributed by atoms with van der Waals surface area (Å²) in [4.78, 5) is 13.9. The first-order valence-electron chi connectivity index (χ1n) is 8.11. The third kappa shape index (κ3) is 5.66. The zero-order chi connectivity index (χ0) is 16.5. The maximum Gasteiger partial charge on any atom is 0.234 e. The molecule has 0 saturated heterocycles. The first-order valence-corrected chi connectivity index (χ1v) is 8.11. The van der Waals surface area contributed by atoms with E-state index >= 15 is 0 Å². The number of nitrogens with one attached hydrogen (secondary N) is 1. The quantitative estimate of drug-likeness (QED) is 0.723. The standard InChI is InChI=1S/C19H26N2O2/c1-21(15-19(22)20-12-6-14-23-2)13-11-17-9-5-8-16-7-3-4-10-18(16)17/h3-5,7-10H,6,11-15H2,1-2H3,(H,20,22). The molecule has 0 bridgehead atoms. The van der Waals surface area contributed by atoms with Gasteiger partial charge in [0.2, 0.25) is 5.91 Å². The minimum absolute atomic E-state index is 0.0709. The normalized spacial score (nSPS) is 11.1. The van der Waals surface area contributed by atoms with Gasteiger partial charge in [0.25, 0.3) is 0 Å². The van der Waals surface area contributed by atoms with E-state index in [0.717, 1.165) is 19.4 Å². The van der Waals surface area contributed by atoms with Crippen LogP contribution in [0.1, 0.15) is 12.0 Å². The number of methoxy groups -OCH3 is 1. The molecule has 2 rings (SSSR count). The van der Waals surface area contributed by atoms with Gasteiger partial charge in [-0.2, -0.15) is 0 Å². The van der Waals surface area contributed by atoms with Crippen LogP contribution >= 0.6 is 0 Å². The van der Waals surface area contributed by atoms with Gasteiger partial charge in [0, 0.05) is 26.8 Å². The Kier molecular flexibility index (Phi) is 7.04. The highest BCUT2D eigenvalue weighted by Gasteiger charge is 2.07. The van der Waals surface area contributed by atoms with Crippen molar-refractivity contribution in [1.82, 2.24) is 10.2 Å². The highest BCUT2D eigenvalue weighted by Crippen LogP contribution is 2.18. The van der Waals surface area contributed by atoms with E-state index in [0.29, 0.717) is 19.7 Å². The molecule has 0 aliphatic carbocycles. The summed E-state index contributed by atoms with van der Waals surface area (Å²) in [6.07, 6.45) is 1.79. The fraction of sp³-hybridized carbons (Fsp3) is 0.421. The van der Waals surface area contributed by atoms with Crippen LogP contribution in [0.3, 0.4) is 0 Å². The van der Waals surface area contributed by atoms with Crippen LogP contribution in [0.4, 0.5) is 0 Å². The van der Waals surface area contributed by atoms with E-state index in [4.69, 9.17) is 4.74 Å². The van der Waals surface area contributed by atoms with E-state index in [1.165, 1.54) is 16.3 Å². The summed E-state index contributed by atoms with van der Waals surface area (Å²) in [6, 6.07) is 14.8. The number of fused-ring (bicyclic) bond motifs is 1. The molecule has 4 heteroatoms. The van der Waals surface area contributed by atoms with Crippen molar-refractivity contribution < 1.29 is 9.53 Å². The molecule has 0 saturated carbocycles. The molecule has 1 N–H and O–H groups in total. The van der Waals surface area contributed by atoms with Crippen molar-refractivity contribution in [3.8, 4) is 0 Å². The minimum Gasteiger partial charge on any atom is -0.385 e. The largest absolute Gasteiger partial charge is 0.385 e. The predicted octanol–water partition coefficient (Wildman–Crippen LogP) is 2.47. The molecular weight excluding hydrogens is 288 g/mol. The molecule has 2 aromatic carbocycles. The fourth-order valence-electron chi connectivity index (χ4n) is 2.65. The van der Waals surface area contributed by atoms with Gasteiger partial charge in [-0.15, -0.1) is 0 Å². The van der Waals surface area contributed by atoms with E-state index in [-0.39, 0.29) is 5.91 Å². The lowest BCUT2D eigenvalue weighted by atomic mass is 10.0. The summed E-state index contributed by atoms with van der Waals surface area (Å²) in [7, 11) is 3.66. The average molecular weight is 314 g/mol. The molecule has 2 aromatic rings. The van der Waals surface area contributed by atoms with Crippen LogP contribution in [0.15, 0.2) is 42.5 Å².